The van der Waals surface area contributed by atoms with E-state index in [2.05, 4.69) is 5.32 Å². The van der Waals surface area contributed by atoms with Gasteiger partial charge in [0.2, 0.25) is 5.91 Å². The first kappa shape index (κ1) is 14.9. The van der Waals surface area contributed by atoms with E-state index < -0.39 is 0 Å². The highest BCUT2D eigenvalue weighted by atomic mass is 16.5. The van der Waals surface area contributed by atoms with Gasteiger partial charge in [-0.1, -0.05) is 13.8 Å². The van der Waals surface area contributed by atoms with Crippen LogP contribution < -0.4 is 11.1 Å². The quantitative estimate of drug-likeness (QED) is 0.642. The number of hydrogen-bond acceptors (Lipinski definition) is 4. The number of carbonyl (C=O) groups is 2. The Morgan fingerprint density at radius 1 is 1.31 bits per heavy atom. The highest BCUT2D eigenvalue weighted by Crippen LogP contribution is 2.01. The van der Waals surface area contributed by atoms with Gasteiger partial charge in [0.05, 0.1) is 12.5 Å². The number of carbonyl (C=O) groups excluding carboxylic acids is 2. The minimum absolute atomic E-state index is 0.133. The van der Waals surface area contributed by atoms with Gasteiger partial charge < -0.3 is 15.8 Å². The summed E-state index contributed by atoms with van der Waals surface area (Å²) in [4.78, 5) is 22.8. The molecule has 0 saturated carbocycles. The molecule has 0 spiro atoms. The number of esters is 1. The number of hydrogen-bond donors (Lipinski definition) is 2. The topological polar surface area (TPSA) is 81.4 Å². The predicted octanol–water partition coefficient (Wildman–Crippen LogP) is 0.285. The van der Waals surface area contributed by atoms with Gasteiger partial charge in [0.1, 0.15) is 0 Å². The standard InChI is InChI=1S/C11H22N2O3/c1-5-16-11(15)7(2)6-13-10(14)8(3)9(4)12/h7-9H,5-6,12H2,1-4H3,(H,13,14). The lowest BCUT2D eigenvalue weighted by atomic mass is 10.0. The first-order valence-electron chi connectivity index (χ1n) is 5.60. The van der Waals surface area contributed by atoms with Gasteiger partial charge in [0.25, 0.3) is 0 Å². The van der Waals surface area contributed by atoms with E-state index >= 15 is 0 Å². The molecule has 16 heavy (non-hydrogen) atoms. The zero-order valence-corrected chi connectivity index (χ0v) is 10.4. The number of ether oxygens (including phenoxy) is 1. The third-order valence-corrected chi connectivity index (χ3v) is 2.47. The number of nitrogens with two attached hydrogens (primary N) is 1. The van der Waals surface area contributed by atoms with Crippen LogP contribution in [0.15, 0.2) is 0 Å². The smallest absolute Gasteiger partial charge is 0.310 e. The largest absolute Gasteiger partial charge is 0.466 e. The molecule has 0 fully saturated rings. The summed E-state index contributed by atoms with van der Waals surface area (Å²) < 4.78 is 4.83. The van der Waals surface area contributed by atoms with Gasteiger partial charge in [0.15, 0.2) is 0 Å². The Bertz CT molecular complexity index is 241. The second kappa shape index (κ2) is 7.22. The molecule has 0 aliphatic rings. The van der Waals surface area contributed by atoms with Crippen molar-refractivity contribution in [3.63, 3.8) is 0 Å². The summed E-state index contributed by atoms with van der Waals surface area (Å²) in [5.74, 6) is -1.01. The van der Waals surface area contributed by atoms with Gasteiger partial charge in [-0.25, -0.2) is 0 Å². The van der Waals surface area contributed by atoms with Crippen LogP contribution in [0.2, 0.25) is 0 Å². The molecular formula is C11H22N2O3. The molecular weight excluding hydrogens is 208 g/mol. The van der Waals surface area contributed by atoms with Crippen LogP contribution in [0.4, 0.5) is 0 Å². The van der Waals surface area contributed by atoms with Gasteiger partial charge in [-0.3, -0.25) is 9.59 Å². The molecule has 0 radical (unpaired) electrons. The van der Waals surface area contributed by atoms with Crippen molar-refractivity contribution in [2.75, 3.05) is 13.2 Å². The summed E-state index contributed by atoms with van der Waals surface area (Å²) in [7, 11) is 0. The minimum atomic E-state index is -0.329. The fraction of sp³-hybridized carbons (Fsp3) is 0.818. The lowest BCUT2D eigenvalue weighted by Gasteiger charge is -2.17. The monoisotopic (exact) mass is 230 g/mol. The Kier molecular flexibility index (Phi) is 6.72. The lowest BCUT2D eigenvalue weighted by molar-refractivity contribution is -0.147. The molecule has 94 valence electrons. The Hall–Kier alpha value is -1.10. The van der Waals surface area contributed by atoms with E-state index in [9.17, 15) is 9.59 Å². The van der Waals surface area contributed by atoms with Gasteiger partial charge in [0, 0.05) is 18.5 Å². The zero-order valence-electron chi connectivity index (χ0n) is 10.4. The minimum Gasteiger partial charge on any atom is -0.466 e. The average molecular weight is 230 g/mol. The highest BCUT2D eigenvalue weighted by molar-refractivity contribution is 5.80. The van der Waals surface area contributed by atoms with Crippen LogP contribution >= 0.6 is 0 Å². The number of rotatable bonds is 6. The van der Waals surface area contributed by atoms with E-state index in [0.29, 0.717) is 6.61 Å². The Morgan fingerprint density at radius 3 is 2.31 bits per heavy atom. The molecule has 0 heterocycles. The molecule has 0 aliphatic heterocycles. The Balaban J connectivity index is 3.96. The SMILES string of the molecule is CCOC(=O)C(C)CNC(=O)C(C)C(C)N. The number of nitrogens with one attached hydrogen (secondary N) is 1. The van der Waals surface area contributed by atoms with Gasteiger partial charge in [-0.2, -0.15) is 0 Å². The van der Waals surface area contributed by atoms with Crippen molar-refractivity contribution in [3.8, 4) is 0 Å². The summed E-state index contributed by atoms with van der Waals surface area (Å²) >= 11 is 0. The maximum Gasteiger partial charge on any atom is 0.310 e. The molecule has 0 aliphatic carbocycles. The van der Waals surface area contributed by atoms with E-state index in [0.717, 1.165) is 0 Å². The fourth-order valence-corrected chi connectivity index (χ4v) is 1.02. The lowest BCUT2D eigenvalue weighted by Crippen LogP contribution is -2.41. The van der Waals surface area contributed by atoms with E-state index in [1.165, 1.54) is 0 Å². The molecule has 0 aromatic carbocycles. The first-order valence-corrected chi connectivity index (χ1v) is 5.60. The van der Waals surface area contributed by atoms with Crippen LogP contribution in [0.5, 0.6) is 0 Å². The Labute approximate surface area is 96.7 Å². The van der Waals surface area contributed by atoms with Crippen molar-refractivity contribution in [2.45, 2.75) is 33.7 Å². The van der Waals surface area contributed by atoms with Crippen molar-refractivity contribution in [2.24, 2.45) is 17.6 Å². The van der Waals surface area contributed by atoms with Gasteiger partial charge in [-0.05, 0) is 13.8 Å². The molecule has 3 atom stereocenters. The van der Waals surface area contributed by atoms with Crippen LogP contribution in [-0.2, 0) is 14.3 Å². The molecule has 3 unspecified atom stereocenters. The molecule has 0 saturated heterocycles. The third kappa shape index (κ3) is 5.11. The Morgan fingerprint density at radius 2 is 1.88 bits per heavy atom. The highest BCUT2D eigenvalue weighted by Gasteiger charge is 2.19. The van der Waals surface area contributed by atoms with Crippen molar-refractivity contribution in [1.29, 1.82) is 0 Å². The molecule has 3 N–H and O–H groups in total. The predicted molar refractivity (Wildman–Crippen MR) is 61.6 cm³/mol. The molecule has 0 aromatic rings. The van der Waals surface area contributed by atoms with Crippen molar-refractivity contribution < 1.29 is 14.3 Å². The van der Waals surface area contributed by atoms with Gasteiger partial charge >= 0.3 is 5.97 Å². The van der Waals surface area contributed by atoms with Crippen LogP contribution in [0.25, 0.3) is 0 Å². The van der Waals surface area contributed by atoms with Crippen LogP contribution in [0.1, 0.15) is 27.7 Å². The summed E-state index contributed by atoms with van der Waals surface area (Å²) in [5.41, 5.74) is 5.60. The van der Waals surface area contributed by atoms with Crippen molar-refractivity contribution in [3.05, 3.63) is 0 Å². The summed E-state index contributed by atoms with van der Waals surface area (Å²) in [6.07, 6.45) is 0. The van der Waals surface area contributed by atoms with E-state index in [1.54, 1.807) is 27.7 Å². The van der Waals surface area contributed by atoms with Crippen molar-refractivity contribution in [1.82, 2.24) is 5.32 Å². The fourth-order valence-electron chi connectivity index (χ4n) is 1.02. The average Bonchev–Trinajstić information content (AvgIpc) is 2.24. The second-order valence-electron chi connectivity index (χ2n) is 4.05. The summed E-state index contributed by atoms with van der Waals surface area (Å²) in [6.45, 7) is 7.65. The maximum absolute atomic E-state index is 11.5. The summed E-state index contributed by atoms with van der Waals surface area (Å²) in [5, 5.41) is 2.68. The molecule has 5 heteroatoms. The molecule has 0 rings (SSSR count). The van der Waals surface area contributed by atoms with Gasteiger partial charge in [-0.15, -0.1) is 0 Å². The second-order valence-corrected chi connectivity index (χ2v) is 4.05. The summed E-state index contributed by atoms with van der Waals surface area (Å²) in [6, 6.07) is -0.196. The normalized spacial score (nSPS) is 16.1. The van der Waals surface area contributed by atoms with E-state index in [4.69, 9.17) is 10.5 Å². The third-order valence-electron chi connectivity index (χ3n) is 2.47. The molecule has 0 bridgehead atoms. The zero-order chi connectivity index (χ0) is 12.7. The first-order chi connectivity index (χ1) is 7.40. The molecule has 5 nitrogen and oxygen atoms in total. The number of amides is 1. The van der Waals surface area contributed by atoms with Crippen LogP contribution in [0.3, 0.4) is 0 Å². The van der Waals surface area contributed by atoms with Crippen LogP contribution in [-0.4, -0.2) is 31.1 Å². The maximum atomic E-state index is 11.5. The molecule has 1 amide bonds. The van der Waals surface area contributed by atoms with Crippen LogP contribution in [0, 0.1) is 11.8 Å². The van der Waals surface area contributed by atoms with Crippen molar-refractivity contribution >= 4 is 11.9 Å². The van der Waals surface area contributed by atoms with E-state index in [1.807, 2.05) is 0 Å². The van der Waals surface area contributed by atoms with E-state index in [-0.39, 0.29) is 36.3 Å². The molecule has 0 aromatic heterocycles.